The van der Waals surface area contributed by atoms with Gasteiger partial charge in [-0.25, -0.2) is 0 Å². The van der Waals surface area contributed by atoms with E-state index in [1.165, 1.54) is 81.6 Å². The van der Waals surface area contributed by atoms with Gasteiger partial charge in [-0.1, -0.05) is 128 Å². The van der Waals surface area contributed by atoms with Gasteiger partial charge >= 0.3 is 0 Å². The monoisotopic (exact) mass is 602 g/mol. The van der Waals surface area contributed by atoms with E-state index >= 15 is 0 Å². The van der Waals surface area contributed by atoms with Crippen LogP contribution in [0, 0.1) is 0 Å². The smallest absolute Gasteiger partial charge is 0.135 e. The average molecular weight is 603 g/mol. The van der Waals surface area contributed by atoms with E-state index in [1.807, 2.05) is 0 Å². The van der Waals surface area contributed by atoms with Gasteiger partial charge in [0.05, 0.1) is 0 Å². The molecule has 0 unspecified atom stereocenters. The fourth-order valence-corrected chi connectivity index (χ4v) is 11.3. The Morgan fingerprint density at radius 1 is 0.370 bits per heavy atom. The first kappa shape index (κ1) is 25.8. The van der Waals surface area contributed by atoms with Crippen LogP contribution < -0.4 is 15.1 Å². The van der Waals surface area contributed by atoms with Gasteiger partial charge in [-0.05, 0) is 107 Å². The molecule has 0 fully saturated rings. The summed E-state index contributed by atoms with van der Waals surface area (Å²) in [6.45, 7) is 4.96. The molecule has 46 heavy (non-hydrogen) atoms. The predicted octanol–water partition coefficient (Wildman–Crippen LogP) is 11.1. The molecule has 8 aromatic rings. The van der Waals surface area contributed by atoms with Crippen LogP contribution in [0.2, 0.25) is 13.1 Å². The first-order valence-corrected chi connectivity index (χ1v) is 19.1. The van der Waals surface area contributed by atoms with E-state index in [0.29, 0.717) is 0 Å². The number of benzene rings is 8. The van der Waals surface area contributed by atoms with Gasteiger partial charge in [-0.3, -0.25) is 0 Å². The molecule has 0 radical (unpaired) electrons. The molecule has 2 aliphatic heterocycles. The van der Waals surface area contributed by atoms with Crippen molar-refractivity contribution < 1.29 is 4.74 Å². The molecule has 10 rings (SSSR count). The summed E-state index contributed by atoms with van der Waals surface area (Å²) in [6, 6.07) is 53.7. The van der Waals surface area contributed by atoms with Crippen molar-refractivity contribution in [3.8, 4) is 56.0 Å². The summed E-state index contributed by atoms with van der Waals surface area (Å²) in [6.07, 6.45) is 0. The number of fused-ring (bicyclic) bond motifs is 9. The zero-order valence-electron chi connectivity index (χ0n) is 25.8. The Hall–Kier alpha value is -5.44. The molecule has 0 atom stereocenters. The van der Waals surface area contributed by atoms with Crippen molar-refractivity contribution >= 4 is 50.8 Å². The lowest BCUT2D eigenvalue weighted by molar-refractivity contribution is 0.487. The highest BCUT2D eigenvalue weighted by Crippen LogP contribution is 2.51. The van der Waals surface area contributed by atoms with Gasteiger partial charge in [-0.2, -0.15) is 0 Å². The molecule has 0 aromatic heterocycles. The maximum absolute atomic E-state index is 6.76. The number of ether oxygens (including phenoxy) is 1. The highest BCUT2D eigenvalue weighted by Gasteiger charge is 2.37. The zero-order chi connectivity index (χ0) is 30.6. The highest BCUT2D eigenvalue weighted by atomic mass is 28.3. The van der Waals surface area contributed by atoms with E-state index in [4.69, 9.17) is 4.74 Å². The van der Waals surface area contributed by atoms with E-state index in [1.54, 1.807) is 0 Å². The van der Waals surface area contributed by atoms with Crippen LogP contribution in [0.3, 0.4) is 0 Å². The fourth-order valence-electron chi connectivity index (χ4n) is 8.19. The van der Waals surface area contributed by atoms with Crippen LogP contribution in [0.4, 0.5) is 0 Å². The molecular weight excluding hydrogens is 573 g/mol. The minimum Gasteiger partial charge on any atom is -0.456 e. The molecule has 1 nitrogen and oxygen atoms in total. The van der Waals surface area contributed by atoms with Crippen molar-refractivity contribution in [3.05, 3.63) is 146 Å². The van der Waals surface area contributed by atoms with E-state index < -0.39 is 8.07 Å². The molecule has 2 heteroatoms. The van der Waals surface area contributed by atoms with E-state index in [2.05, 4.69) is 159 Å². The molecule has 216 valence electrons. The lowest BCUT2D eigenvalue weighted by atomic mass is 9.86. The Bertz CT molecular complexity index is 2580. The van der Waals surface area contributed by atoms with Gasteiger partial charge in [0.15, 0.2) is 0 Å². The molecule has 0 N–H and O–H groups in total. The molecule has 8 aromatic carbocycles. The van der Waals surface area contributed by atoms with Crippen LogP contribution in [0.25, 0.3) is 76.8 Å². The molecule has 0 saturated heterocycles. The summed E-state index contributed by atoms with van der Waals surface area (Å²) >= 11 is 0. The summed E-state index contributed by atoms with van der Waals surface area (Å²) < 4.78 is 6.76. The Balaban J connectivity index is 1.17. The van der Waals surface area contributed by atoms with Gasteiger partial charge < -0.3 is 4.74 Å². The van der Waals surface area contributed by atoms with Crippen LogP contribution >= 0.6 is 0 Å². The van der Waals surface area contributed by atoms with E-state index in [9.17, 15) is 0 Å². The summed E-state index contributed by atoms with van der Waals surface area (Å²) in [7, 11) is -1.76. The van der Waals surface area contributed by atoms with Crippen molar-refractivity contribution in [2.75, 3.05) is 0 Å². The second-order valence-corrected chi connectivity index (χ2v) is 17.6. The normalized spacial score (nSPS) is 13.8. The van der Waals surface area contributed by atoms with Crippen molar-refractivity contribution in [2.45, 2.75) is 13.1 Å². The number of hydrogen-bond donors (Lipinski definition) is 0. The lowest BCUT2D eigenvalue weighted by Gasteiger charge is -2.24. The maximum Gasteiger partial charge on any atom is 0.135 e. The quantitative estimate of drug-likeness (QED) is 0.141. The highest BCUT2D eigenvalue weighted by molar-refractivity contribution is 7.03. The topological polar surface area (TPSA) is 9.23 Å². The average Bonchev–Trinajstić information content (AvgIpc) is 3.34. The Morgan fingerprint density at radius 2 is 1.02 bits per heavy atom. The van der Waals surface area contributed by atoms with Gasteiger partial charge in [0.1, 0.15) is 19.6 Å². The molecule has 0 amide bonds. The first-order chi connectivity index (χ1) is 22.6. The predicted molar refractivity (Wildman–Crippen MR) is 198 cm³/mol. The molecule has 2 heterocycles. The van der Waals surface area contributed by atoms with Gasteiger partial charge in [0.2, 0.25) is 0 Å². The van der Waals surface area contributed by atoms with Crippen molar-refractivity contribution in [3.63, 3.8) is 0 Å². The summed E-state index contributed by atoms with van der Waals surface area (Å²) in [5.74, 6) is 1.84. The maximum atomic E-state index is 6.76. The molecule has 0 bridgehead atoms. The van der Waals surface area contributed by atoms with Crippen molar-refractivity contribution in [1.29, 1.82) is 0 Å². The third-order valence-corrected chi connectivity index (χ3v) is 14.0. The summed E-state index contributed by atoms with van der Waals surface area (Å²) in [5, 5.41) is 10.6. The summed E-state index contributed by atoms with van der Waals surface area (Å²) in [5.41, 5.74) is 10.1. The molecule has 0 saturated carbocycles. The number of hydrogen-bond acceptors (Lipinski definition) is 1. The Morgan fingerprint density at radius 3 is 1.89 bits per heavy atom. The largest absolute Gasteiger partial charge is 0.456 e. The van der Waals surface area contributed by atoms with Crippen LogP contribution in [0.1, 0.15) is 0 Å². The fraction of sp³-hybridized carbons (Fsp3) is 0.0455. The molecule has 2 aliphatic rings. The van der Waals surface area contributed by atoms with Crippen LogP contribution in [-0.4, -0.2) is 8.07 Å². The third-order valence-electron chi connectivity index (χ3n) is 10.5. The van der Waals surface area contributed by atoms with Crippen LogP contribution in [-0.2, 0) is 0 Å². The van der Waals surface area contributed by atoms with Crippen LogP contribution in [0.15, 0.2) is 146 Å². The first-order valence-electron chi connectivity index (χ1n) is 16.1. The Labute approximate surface area is 269 Å². The van der Waals surface area contributed by atoms with Crippen molar-refractivity contribution in [1.82, 2.24) is 0 Å². The standard InChI is InChI=1S/C44H30OSi/c1-46(2)42-18-9-8-15-33(42)34-22-20-29(24-43(34)46)28-19-21-32-39-26-37-31-14-7-6-13-30(31)36(27-11-4-3-5-12-27)25-38(37)35-16-10-17-40(44(35)39)45-41(32)23-28/h3-26H,1-2H3. The lowest BCUT2D eigenvalue weighted by Crippen LogP contribution is -2.49. The number of rotatable bonds is 2. The summed E-state index contributed by atoms with van der Waals surface area (Å²) in [4.78, 5) is 0. The third kappa shape index (κ3) is 3.51. The molecular formula is C44H30OSi. The second-order valence-electron chi connectivity index (χ2n) is 13.3. The van der Waals surface area contributed by atoms with E-state index in [-0.39, 0.29) is 0 Å². The minimum atomic E-state index is -1.76. The SMILES string of the molecule is C[Si]1(C)c2ccccc2-c2ccc(-c3ccc4c(c3)Oc3cccc5c3c-4cc3c4ccccc4c(-c4ccccc4)cc53)cc21. The Kier molecular flexibility index (Phi) is 5.22. The minimum absolute atomic E-state index is 0.919. The van der Waals surface area contributed by atoms with Gasteiger partial charge in [0, 0.05) is 10.9 Å². The van der Waals surface area contributed by atoms with Crippen molar-refractivity contribution in [2.24, 2.45) is 0 Å². The van der Waals surface area contributed by atoms with Gasteiger partial charge in [-0.15, -0.1) is 0 Å². The van der Waals surface area contributed by atoms with Crippen LogP contribution in [0.5, 0.6) is 11.5 Å². The zero-order valence-corrected chi connectivity index (χ0v) is 26.8. The molecule has 0 aliphatic carbocycles. The van der Waals surface area contributed by atoms with E-state index in [0.717, 1.165) is 17.1 Å². The molecule has 0 spiro atoms. The van der Waals surface area contributed by atoms with Gasteiger partial charge in [0.25, 0.3) is 0 Å². The second kappa shape index (κ2) is 9.29.